The van der Waals surface area contributed by atoms with Gasteiger partial charge in [-0.05, 0) is 18.2 Å². The van der Waals surface area contributed by atoms with Crippen molar-refractivity contribution in [3.05, 3.63) is 28.8 Å². The minimum absolute atomic E-state index is 0.246. The Kier molecular flexibility index (Phi) is 4.87. The van der Waals surface area contributed by atoms with Crippen molar-refractivity contribution in [2.24, 2.45) is 5.10 Å². The third kappa shape index (κ3) is 3.70. The Morgan fingerprint density at radius 3 is 2.53 bits per heavy atom. The molecule has 0 aliphatic carbocycles. The summed E-state index contributed by atoms with van der Waals surface area (Å²) in [6.07, 6.45) is 0. The van der Waals surface area contributed by atoms with Gasteiger partial charge in [0.05, 0.1) is 11.3 Å². The summed E-state index contributed by atoms with van der Waals surface area (Å²) in [5.41, 5.74) is 2.83. The Hall–Kier alpha value is -2.57. The summed E-state index contributed by atoms with van der Waals surface area (Å²) < 4.78 is 0. The van der Waals surface area contributed by atoms with Crippen molar-refractivity contribution in [1.29, 1.82) is 10.5 Å². The summed E-state index contributed by atoms with van der Waals surface area (Å²) in [5, 5.41) is 21.2. The predicted octanol–water partition coefficient (Wildman–Crippen LogP) is 1.86. The third-order valence-electron chi connectivity index (χ3n) is 2.12. The number of nitriles is 2. The van der Waals surface area contributed by atoms with Gasteiger partial charge >= 0.3 is 0 Å². The first-order valence-corrected chi connectivity index (χ1v) is 5.52. The Bertz CT molecular complexity index is 594. The normalized spacial score (nSPS) is 8.89. The van der Waals surface area contributed by atoms with E-state index in [1.54, 1.807) is 38.4 Å². The van der Waals surface area contributed by atoms with Gasteiger partial charge < -0.3 is 4.90 Å². The summed E-state index contributed by atoms with van der Waals surface area (Å²) in [5.74, 6) is -0.246. The molecule has 0 aliphatic heterocycles. The van der Waals surface area contributed by atoms with E-state index < -0.39 is 0 Å². The van der Waals surface area contributed by atoms with Crippen molar-refractivity contribution >= 4 is 28.9 Å². The number of halogens is 1. The lowest BCUT2D eigenvalue weighted by molar-refractivity contribution is 0.0828. The molecule has 1 aromatic carbocycles. The number of amides is 1. The monoisotopic (exact) mass is 275 g/mol. The number of carbonyl (C=O) groups is 1. The number of hydrogen-bond donors (Lipinski definition) is 1. The molecule has 0 bridgehead atoms. The van der Waals surface area contributed by atoms with Crippen LogP contribution in [0.3, 0.4) is 0 Å². The predicted molar refractivity (Wildman–Crippen MR) is 71.8 cm³/mol. The van der Waals surface area contributed by atoms with Gasteiger partial charge in [-0.1, -0.05) is 11.6 Å². The highest BCUT2D eigenvalue weighted by atomic mass is 35.5. The Morgan fingerprint density at radius 1 is 1.37 bits per heavy atom. The fourth-order valence-electron chi connectivity index (χ4n) is 1.23. The van der Waals surface area contributed by atoms with Gasteiger partial charge in [-0.25, -0.2) is 0 Å². The maximum atomic E-state index is 11.9. The van der Waals surface area contributed by atoms with Crippen molar-refractivity contribution in [3.8, 4) is 12.1 Å². The van der Waals surface area contributed by atoms with Gasteiger partial charge in [-0.3, -0.25) is 10.2 Å². The largest absolute Gasteiger partial charge is 0.345 e. The first kappa shape index (κ1) is 14.5. The van der Waals surface area contributed by atoms with E-state index in [1.165, 1.54) is 11.0 Å². The number of hydrazone groups is 1. The van der Waals surface area contributed by atoms with E-state index in [9.17, 15) is 4.79 Å². The summed E-state index contributed by atoms with van der Waals surface area (Å²) >= 11 is 5.84. The van der Waals surface area contributed by atoms with E-state index in [-0.39, 0.29) is 11.6 Å². The molecular weight excluding hydrogens is 266 g/mol. The maximum absolute atomic E-state index is 11.9. The van der Waals surface area contributed by atoms with Crippen LogP contribution in [-0.2, 0) is 0 Å². The molecular formula is C12H10ClN5O. The molecule has 0 atom stereocenters. The third-order valence-corrected chi connectivity index (χ3v) is 2.35. The van der Waals surface area contributed by atoms with Crippen molar-refractivity contribution in [1.82, 2.24) is 4.90 Å². The fraction of sp³-hybridized carbons (Fsp3) is 0.167. The van der Waals surface area contributed by atoms with Gasteiger partial charge in [0.15, 0.2) is 0 Å². The molecule has 1 rings (SSSR count). The molecule has 6 nitrogen and oxygen atoms in total. The zero-order chi connectivity index (χ0) is 14.4. The van der Waals surface area contributed by atoms with Gasteiger partial charge in [0.25, 0.3) is 5.91 Å². The number of rotatable bonds is 3. The maximum Gasteiger partial charge on any atom is 0.255 e. The second kappa shape index (κ2) is 6.39. The van der Waals surface area contributed by atoms with Crippen LogP contribution in [0.25, 0.3) is 0 Å². The number of nitrogens with one attached hydrogen (secondary N) is 1. The smallest absolute Gasteiger partial charge is 0.255 e. The van der Waals surface area contributed by atoms with Crippen LogP contribution in [0.15, 0.2) is 23.3 Å². The van der Waals surface area contributed by atoms with E-state index in [2.05, 4.69) is 10.5 Å². The number of benzene rings is 1. The van der Waals surface area contributed by atoms with Crippen LogP contribution in [0.4, 0.5) is 5.69 Å². The summed E-state index contributed by atoms with van der Waals surface area (Å²) in [7, 11) is 3.22. The van der Waals surface area contributed by atoms with E-state index >= 15 is 0 Å². The molecule has 0 saturated carbocycles. The second-order valence-corrected chi connectivity index (χ2v) is 4.12. The lowest BCUT2D eigenvalue weighted by Gasteiger charge is -2.13. The molecule has 0 aromatic heterocycles. The highest BCUT2D eigenvalue weighted by molar-refractivity contribution is 6.31. The number of carbonyl (C=O) groups excluding carboxylic acids is 1. The zero-order valence-corrected chi connectivity index (χ0v) is 11.1. The van der Waals surface area contributed by atoms with E-state index in [1.807, 2.05) is 0 Å². The fourth-order valence-corrected chi connectivity index (χ4v) is 1.40. The Balaban J connectivity index is 3.17. The number of hydrogen-bond acceptors (Lipinski definition) is 5. The topological polar surface area (TPSA) is 92.3 Å². The van der Waals surface area contributed by atoms with Crippen LogP contribution >= 0.6 is 11.6 Å². The van der Waals surface area contributed by atoms with Crippen molar-refractivity contribution in [3.63, 3.8) is 0 Å². The number of anilines is 1. The molecule has 1 aromatic rings. The SMILES string of the molecule is CN(C)C(=O)c1ccc(Cl)cc1NN=C(C#N)C#N. The molecule has 0 saturated heterocycles. The van der Waals surface area contributed by atoms with Crippen molar-refractivity contribution < 1.29 is 4.79 Å². The van der Waals surface area contributed by atoms with Crippen molar-refractivity contribution in [2.75, 3.05) is 19.5 Å². The molecule has 0 heterocycles. The molecule has 0 aliphatic rings. The van der Waals surface area contributed by atoms with E-state index in [0.717, 1.165) is 0 Å². The van der Waals surface area contributed by atoms with E-state index in [0.29, 0.717) is 16.3 Å². The summed E-state index contributed by atoms with van der Waals surface area (Å²) in [4.78, 5) is 13.3. The van der Waals surface area contributed by atoms with Crippen LogP contribution in [0.2, 0.25) is 5.02 Å². The molecule has 0 fully saturated rings. The Labute approximate surface area is 115 Å². The molecule has 19 heavy (non-hydrogen) atoms. The highest BCUT2D eigenvalue weighted by Gasteiger charge is 2.13. The minimum Gasteiger partial charge on any atom is -0.345 e. The van der Waals surface area contributed by atoms with Crippen LogP contribution in [-0.4, -0.2) is 30.6 Å². The first-order valence-electron chi connectivity index (χ1n) is 5.14. The number of nitrogens with zero attached hydrogens (tertiary/aromatic N) is 4. The van der Waals surface area contributed by atoms with Gasteiger partial charge in [0.2, 0.25) is 5.71 Å². The lowest BCUT2D eigenvalue weighted by Crippen LogP contribution is -2.22. The highest BCUT2D eigenvalue weighted by Crippen LogP contribution is 2.22. The zero-order valence-electron chi connectivity index (χ0n) is 10.3. The minimum atomic E-state index is -0.344. The first-order chi connectivity index (χ1) is 8.99. The van der Waals surface area contributed by atoms with Crippen LogP contribution in [0.5, 0.6) is 0 Å². The lowest BCUT2D eigenvalue weighted by atomic mass is 10.1. The molecule has 1 amide bonds. The van der Waals surface area contributed by atoms with E-state index in [4.69, 9.17) is 22.1 Å². The Morgan fingerprint density at radius 2 is 2.00 bits per heavy atom. The summed E-state index contributed by atoms with van der Waals surface area (Å²) in [6.45, 7) is 0. The molecule has 96 valence electrons. The van der Waals surface area contributed by atoms with Crippen LogP contribution in [0, 0.1) is 22.7 Å². The average molecular weight is 276 g/mol. The van der Waals surface area contributed by atoms with Crippen LogP contribution < -0.4 is 5.43 Å². The molecule has 0 unspecified atom stereocenters. The molecule has 0 radical (unpaired) electrons. The van der Waals surface area contributed by atoms with Gasteiger partial charge in [-0.2, -0.15) is 15.6 Å². The van der Waals surface area contributed by atoms with Crippen LogP contribution in [0.1, 0.15) is 10.4 Å². The van der Waals surface area contributed by atoms with Gasteiger partial charge in [0.1, 0.15) is 12.1 Å². The average Bonchev–Trinajstić information content (AvgIpc) is 2.39. The molecule has 0 spiro atoms. The van der Waals surface area contributed by atoms with Gasteiger partial charge in [0, 0.05) is 19.1 Å². The standard InChI is InChI=1S/C12H10ClN5O/c1-18(2)12(19)10-4-3-8(13)5-11(10)17-16-9(6-14)7-15/h3-5,17H,1-2H3. The second-order valence-electron chi connectivity index (χ2n) is 3.69. The summed E-state index contributed by atoms with van der Waals surface area (Å²) in [6, 6.07) is 7.82. The van der Waals surface area contributed by atoms with Crippen molar-refractivity contribution in [2.45, 2.75) is 0 Å². The van der Waals surface area contributed by atoms with Gasteiger partial charge in [-0.15, -0.1) is 0 Å². The molecule has 7 heteroatoms. The quantitative estimate of drug-likeness (QED) is 0.673. The molecule has 1 N–H and O–H groups in total.